The van der Waals surface area contributed by atoms with Gasteiger partial charge in [-0.3, -0.25) is 13.9 Å². The fourth-order valence-corrected chi connectivity index (χ4v) is 7.17. The van der Waals surface area contributed by atoms with E-state index in [1.165, 1.54) is 17.0 Å². The van der Waals surface area contributed by atoms with Crippen LogP contribution in [0.5, 0.6) is 11.5 Å². The first-order valence-corrected chi connectivity index (χ1v) is 17.2. The van der Waals surface area contributed by atoms with E-state index < -0.39 is 28.5 Å². The third kappa shape index (κ3) is 8.14. The molecule has 0 heterocycles. The molecule has 5 rings (SSSR count). The molecule has 1 aliphatic rings. The summed E-state index contributed by atoms with van der Waals surface area (Å²) in [4.78, 5) is 29.6. The van der Waals surface area contributed by atoms with E-state index in [-0.39, 0.29) is 23.4 Å². The van der Waals surface area contributed by atoms with Gasteiger partial charge in [0.2, 0.25) is 11.8 Å². The summed E-state index contributed by atoms with van der Waals surface area (Å²) in [6.07, 6.45) is 4.35. The number of aryl methyl sites for hydroxylation is 1. The maximum Gasteiger partial charge on any atom is 0.264 e. The number of nitrogens with one attached hydrogen (secondary N) is 1. The molecule has 8 nitrogen and oxygen atoms in total. The SMILES string of the molecule is CCC(C(=O)NC1CCCC1)N(Cc1ccc(C)cc1)C(=O)CN(c1ccc(Oc2ccccc2)cc1)S(=O)(=O)c1ccccc1. The third-order valence-corrected chi connectivity index (χ3v) is 10.1. The van der Waals surface area contributed by atoms with Crippen LogP contribution >= 0.6 is 0 Å². The minimum Gasteiger partial charge on any atom is -0.457 e. The van der Waals surface area contributed by atoms with Crippen LogP contribution in [0.25, 0.3) is 0 Å². The second kappa shape index (κ2) is 15.1. The Hall–Kier alpha value is -4.63. The topological polar surface area (TPSA) is 96.0 Å². The Kier molecular flexibility index (Phi) is 10.8. The lowest BCUT2D eigenvalue weighted by atomic mass is 10.1. The number of nitrogens with zero attached hydrogens (tertiary/aromatic N) is 2. The zero-order valence-electron chi connectivity index (χ0n) is 26.3. The van der Waals surface area contributed by atoms with Crippen LogP contribution in [0.4, 0.5) is 5.69 Å². The monoisotopic (exact) mass is 639 g/mol. The van der Waals surface area contributed by atoms with Crippen LogP contribution in [0.15, 0.2) is 114 Å². The molecule has 0 radical (unpaired) electrons. The van der Waals surface area contributed by atoms with Gasteiger partial charge in [0.15, 0.2) is 0 Å². The maximum atomic E-state index is 14.3. The number of amides is 2. The van der Waals surface area contributed by atoms with Crippen molar-refractivity contribution in [3.8, 4) is 11.5 Å². The molecule has 1 fully saturated rings. The van der Waals surface area contributed by atoms with E-state index in [9.17, 15) is 18.0 Å². The van der Waals surface area contributed by atoms with Gasteiger partial charge < -0.3 is 15.0 Å². The van der Waals surface area contributed by atoms with E-state index >= 15 is 0 Å². The van der Waals surface area contributed by atoms with Crippen LogP contribution in [0.2, 0.25) is 0 Å². The zero-order valence-corrected chi connectivity index (χ0v) is 27.2. The second-order valence-electron chi connectivity index (χ2n) is 11.7. The standard InChI is InChI=1S/C37H41N3O5S/c1-3-35(37(42)38-30-12-10-11-13-30)39(26-29-20-18-28(2)19-21-29)36(41)27-40(46(43,44)34-16-8-5-9-17-34)31-22-24-33(25-23-31)45-32-14-6-4-7-15-32/h4-9,14-25,30,35H,3,10-13,26-27H2,1-2H3,(H,38,42). The molecule has 0 aliphatic heterocycles. The number of hydrogen-bond acceptors (Lipinski definition) is 5. The van der Waals surface area contributed by atoms with Crippen LogP contribution in [0.3, 0.4) is 0 Å². The zero-order chi connectivity index (χ0) is 32.5. The Bertz CT molecular complexity index is 1690. The Morgan fingerprint density at radius 1 is 0.826 bits per heavy atom. The van der Waals surface area contributed by atoms with Gasteiger partial charge in [-0.1, -0.05) is 86.0 Å². The van der Waals surface area contributed by atoms with Gasteiger partial charge in [-0.15, -0.1) is 0 Å². The predicted octanol–water partition coefficient (Wildman–Crippen LogP) is 6.85. The number of anilines is 1. The van der Waals surface area contributed by atoms with Crippen molar-refractivity contribution in [2.45, 2.75) is 69.5 Å². The third-order valence-electron chi connectivity index (χ3n) is 8.27. The summed E-state index contributed by atoms with van der Waals surface area (Å²) in [6, 6.07) is 31.0. The van der Waals surface area contributed by atoms with Gasteiger partial charge in [0.25, 0.3) is 10.0 Å². The second-order valence-corrected chi connectivity index (χ2v) is 13.5. The molecule has 1 aliphatic carbocycles. The van der Waals surface area contributed by atoms with Crippen LogP contribution in [0, 0.1) is 6.92 Å². The first-order valence-electron chi connectivity index (χ1n) is 15.8. The van der Waals surface area contributed by atoms with Crippen molar-refractivity contribution in [3.05, 3.63) is 120 Å². The largest absolute Gasteiger partial charge is 0.457 e. The summed E-state index contributed by atoms with van der Waals surface area (Å²) < 4.78 is 35.2. The fraction of sp³-hybridized carbons (Fsp3) is 0.297. The molecule has 240 valence electrons. The fourth-order valence-electron chi connectivity index (χ4n) is 5.73. The highest BCUT2D eigenvalue weighted by molar-refractivity contribution is 7.92. The van der Waals surface area contributed by atoms with Crippen molar-refractivity contribution in [3.63, 3.8) is 0 Å². The molecule has 46 heavy (non-hydrogen) atoms. The minimum absolute atomic E-state index is 0.0588. The highest BCUT2D eigenvalue weighted by Crippen LogP contribution is 2.29. The van der Waals surface area contributed by atoms with E-state index in [0.717, 1.165) is 41.1 Å². The Morgan fingerprint density at radius 2 is 1.41 bits per heavy atom. The lowest BCUT2D eigenvalue weighted by Gasteiger charge is -2.33. The van der Waals surface area contributed by atoms with Gasteiger partial charge in [-0.05, 0) is 80.3 Å². The molecule has 1 atom stereocenters. The molecule has 1 N–H and O–H groups in total. The van der Waals surface area contributed by atoms with Gasteiger partial charge in [-0.25, -0.2) is 8.42 Å². The molecular weight excluding hydrogens is 598 g/mol. The minimum atomic E-state index is -4.16. The summed E-state index contributed by atoms with van der Waals surface area (Å²) >= 11 is 0. The molecule has 0 aromatic heterocycles. The van der Waals surface area contributed by atoms with Crippen molar-refractivity contribution in [2.75, 3.05) is 10.8 Å². The molecular formula is C37H41N3O5S. The van der Waals surface area contributed by atoms with Gasteiger partial charge in [0.05, 0.1) is 10.6 Å². The molecule has 0 saturated heterocycles. The van der Waals surface area contributed by atoms with Gasteiger partial charge in [0, 0.05) is 12.6 Å². The average molecular weight is 640 g/mol. The molecule has 4 aromatic carbocycles. The smallest absolute Gasteiger partial charge is 0.264 e. The quantitative estimate of drug-likeness (QED) is 0.173. The number of carbonyl (C=O) groups is 2. The van der Waals surface area contributed by atoms with E-state index in [1.807, 2.05) is 68.4 Å². The number of hydrogen-bond donors (Lipinski definition) is 1. The highest BCUT2D eigenvalue weighted by Gasteiger charge is 2.34. The number of carbonyl (C=O) groups excluding carboxylic acids is 2. The molecule has 2 amide bonds. The summed E-state index contributed by atoms with van der Waals surface area (Å²) in [5.41, 5.74) is 2.23. The summed E-state index contributed by atoms with van der Waals surface area (Å²) in [6.45, 7) is 3.53. The lowest BCUT2D eigenvalue weighted by Crippen LogP contribution is -2.53. The summed E-state index contributed by atoms with van der Waals surface area (Å²) in [5.74, 6) is 0.481. The van der Waals surface area contributed by atoms with Crippen molar-refractivity contribution in [1.82, 2.24) is 10.2 Å². The molecule has 0 spiro atoms. The van der Waals surface area contributed by atoms with Crippen LogP contribution in [0.1, 0.15) is 50.2 Å². The Morgan fingerprint density at radius 3 is 2.02 bits per heavy atom. The average Bonchev–Trinajstić information content (AvgIpc) is 3.58. The number of rotatable bonds is 13. The number of sulfonamides is 1. The van der Waals surface area contributed by atoms with E-state index in [0.29, 0.717) is 23.6 Å². The van der Waals surface area contributed by atoms with Crippen LogP contribution in [-0.4, -0.2) is 43.8 Å². The van der Waals surface area contributed by atoms with Crippen molar-refractivity contribution in [1.29, 1.82) is 0 Å². The Labute approximate surface area is 272 Å². The number of para-hydroxylation sites is 1. The van der Waals surface area contributed by atoms with E-state index in [4.69, 9.17) is 4.74 Å². The first kappa shape index (κ1) is 32.8. The molecule has 1 unspecified atom stereocenters. The van der Waals surface area contributed by atoms with Gasteiger partial charge in [-0.2, -0.15) is 0 Å². The van der Waals surface area contributed by atoms with Gasteiger partial charge in [0.1, 0.15) is 24.1 Å². The van der Waals surface area contributed by atoms with Crippen molar-refractivity contribution >= 4 is 27.5 Å². The normalized spacial score (nSPS) is 14.0. The molecule has 1 saturated carbocycles. The van der Waals surface area contributed by atoms with Crippen molar-refractivity contribution < 1.29 is 22.7 Å². The molecule has 9 heteroatoms. The lowest BCUT2D eigenvalue weighted by molar-refractivity contribution is -0.140. The van der Waals surface area contributed by atoms with Gasteiger partial charge >= 0.3 is 0 Å². The summed E-state index contributed by atoms with van der Waals surface area (Å²) in [7, 11) is -4.16. The van der Waals surface area contributed by atoms with E-state index in [2.05, 4.69) is 5.32 Å². The number of benzene rings is 4. The highest BCUT2D eigenvalue weighted by atomic mass is 32.2. The number of ether oxygens (including phenoxy) is 1. The first-order chi connectivity index (χ1) is 22.2. The van der Waals surface area contributed by atoms with Crippen LogP contribution in [-0.2, 0) is 26.2 Å². The van der Waals surface area contributed by atoms with Crippen molar-refractivity contribution in [2.24, 2.45) is 0 Å². The Balaban J connectivity index is 1.47. The van der Waals surface area contributed by atoms with Crippen LogP contribution < -0.4 is 14.4 Å². The molecule has 0 bridgehead atoms. The predicted molar refractivity (Wildman–Crippen MR) is 180 cm³/mol. The summed E-state index contributed by atoms with van der Waals surface area (Å²) in [5, 5.41) is 3.15. The van der Waals surface area contributed by atoms with E-state index in [1.54, 1.807) is 42.5 Å². The molecule has 4 aromatic rings. The maximum absolute atomic E-state index is 14.3.